The summed E-state index contributed by atoms with van der Waals surface area (Å²) in [7, 11) is 0. The fraction of sp³-hybridized carbons (Fsp3) is 0.318. The first-order valence-corrected chi connectivity index (χ1v) is 9.72. The number of hydrogen-bond acceptors (Lipinski definition) is 3. The Morgan fingerprint density at radius 1 is 1.13 bits per heavy atom. The summed E-state index contributed by atoms with van der Waals surface area (Å²) in [5.41, 5.74) is -0.588. The third-order valence-electron chi connectivity index (χ3n) is 5.60. The second-order valence-corrected chi connectivity index (χ2v) is 7.80. The van der Waals surface area contributed by atoms with Crippen LogP contribution in [0.5, 0.6) is 0 Å². The predicted octanol–water partition coefficient (Wildman–Crippen LogP) is 2.92. The van der Waals surface area contributed by atoms with Gasteiger partial charge in [-0.1, -0.05) is 30.3 Å². The van der Waals surface area contributed by atoms with Crippen molar-refractivity contribution < 1.29 is 23.2 Å². The smallest absolute Gasteiger partial charge is 0.325 e. The zero-order valence-electron chi connectivity index (χ0n) is 16.4. The molecule has 4 rings (SSSR count). The van der Waals surface area contributed by atoms with Crippen LogP contribution >= 0.6 is 0 Å². The SMILES string of the molecule is CC1(c2ccc(F)cc2)NC(=O)N(CC(=O)N(Cc2ccccc2F)C2CC2)C1=O. The number of carbonyl (C=O) groups is 3. The lowest BCUT2D eigenvalue weighted by atomic mass is 9.92. The number of amides is 4. The van der Waals surface area contributed by atoms with Crippen LogP contribution in [0, 0.1) is 11.6 Å². The molecule has 1 saturated carbocycles. The van der Waals surface area contributed by atoms with Gasteiger partial charge in [0.15, 0.2) is 0 Å². The molecule has 1 aliphatic heterocycles. The molecule has 2 fully saturated rings. The lowest BCUT2D eigenvalue weighted by molar-refractivity contribution is -0.139. The Morgan fingerprint density at radius 3 is 2.43 bits per heavy atom. The number of imide groups is 1. The maximum Gasteiger partial charge on any atom is 0.325 e. The lowest BCUT2D eigenvalue weighted by Crippen LogP contribution is -2.45. The average Bonchev–Trinajstić information content (AvgIpc) is 3.53. The van der Waals surface area contributed by atoms with Crippen LogP contribution in [0.3, 0.4) is 0 Å². The predicted molar refractivity (Wildman–Crippen MR) is 104 cm³/mol. The molecule has 2 aromatic rings. The molecule has 0 spiro atoms. The van der Waals surface area contributed by atoms with Crippen LogP contribution in [0.2, 0.25) is 0 Å². The molecule has 8 heteroatoms. The molecule has 1 unspecified atom stereocenters. The zero-order chi connectivity index (χ0) is 21.5. The van der Waals surface area contributed by atoms with Gasteiger partial charge in [-0.15, -0.1) is 0 Å². The summed E-state index contributed by atoms with van der Waals surface area (Å²) in [6, 6.07) is 10.7. The first-order chi connectivity index (χ1) is 14.3. The number of urea groups is 1. The summed E-state index contributed by atoms with van der Waals surface area (Å²) < 4.78 is 27.3. The first kappa shape index (κ1) is 20.0. The van der Waals surface area contributed by atoms with Gasteiger partial charge in [-0.3, -0.25) is 14.5 Å². The summed E-state index contributed by atoms with van der Waals surface area (Å²) in [6.07, 6.45) is 1.60. The third kappa shape index (κ3) is 3.65. The van der Waals surface area contributed by atoms with Crippen LogP contribution in [0.15, 0.2) is 48.5 Å². The van der Waals surface area contributed by atoms with Crippen molar-refractivity contribution in [3.05, 3.63) is 71.3 Å². The van der Waals surface area contributed by atoms with Gasteiger partial charge in [-0.05, 0) is 43.5 Å². The van der Waals surface area contributed by atoms with Crippen molar-refractivity contribution in [1.29, 1.82) is 0 Å². The molecule has 30 heavy (non-hydrogen) atoms. The van der Waals surface area contributed by atoms with E-state index in [1.807, 2.05) is 0 Å². The van der Waals surface area contributed by atoms with E-state index in [1.165, 1.54) is 42.2 Å². The number of nitrogens with zero attached hydrogens (tertiary/aromatic N) is 2. The van der Waals surface area contributed by atoms with Gasteiger partial charge < -0.3 is 10.2 Å². The van der Waals surface area contributed by atoms with E-state index in [0.717, 1.165) is 17.7 Å². The van der Waals surface area contributed by atoms with Crippen molar-refractivity contribution in [3.63, 3.8) is 0 Å². The van der Waals surface area contributed by atoms with E-state index in [2.05, 4.69) is 5.32 Å². The Kier molecular flexibility index (Phi) is 5.01. The van der Waals surface area contributed by atoms with Crippen LogP contribution < -0.4 is 5.32 Å². The standard InChI is InChI=1S/C22H21F2N3O3/c1-22(15-6-8-16(23)9-7-15)20(29)27(21(30)25-22)13-19(28)26(17-10-11-17)12-14-4-2-3-5-18(14)24/h2-9,17H,10-13H2,1H3,(H,25,30). The van der Waals surface area contributed by atoms with E-state index in [4.69, 9.17) is 0 Å². The van der Waals surface area contributed by atoms with E-state index in [9.17, 15) is 23.2 Å². The third-order valence-corrected chi connectivity index (χ3v) is 5.60. The quantitative estimate of drug-likeness (QED) is 0.741. The molecule has 0 aromatic heterocycles. The molecule has 6 nitrogen and oxygen atoms in total. The van der Waals surface area contributed by atoms with Gasteiger partial charge in [0, 0.05) is 18.2 Å². The van der Waals surface area contributed by atoms with Crippen molar-refractivity contribution in [2.24, 2.45) is 0 Å². The molecule has 156 valence electrons. The molecule has 1 heterocycles. The number of halogens is 2. The van der Waals surface area contributed by atoms with E-state index in [0.29, 0.717) is 11.1 Å². The minimum Gasteiger partial charge on any atom is -0.334 e. The minimum atomic E-state index is -1.39. The van der Waals surface area contributed by atoms with E-state index < -0.39 is 41.6 Å². The van der Waals surface area contributed by atoms with Crippen LogP contribution in [-0.2, 0) is 21.7 Å². The van der Waals surface area contributed by atoms with Crippen molar-refractivity contribution in [2.45, 2.75) is 37.9 Å². The molecule has 1 aliphatic carbocycles. The summed E-state index contributed by atoms with van der Waals surface area (Å²) in [5, 5.41) is 2.60. The van der Waals surface area contributed by atoms with Crippen LogP contribution in [0.4, 0.5) is 13.6 Å². The Morgan fingerprint density at radius 2 is 1.80 bits per heavy atom. The molecule has 2 aliphatic rings. The number of benzene rings is 2. The van der Waals surface area contributed by atoms with Crippen LogP contribution in [0.1, 0.15) is 30.9 Å². The van der Waals surface area contributed by atoms with Gasteiger partial charge >= 0.3 is 6.03 Å². The van der Waals surface area contributed by atoms with E-state index in [-0.39, 0.29) is 12.6 Å². The van der Waals surface area contributed by atoms with Gasteiger partial charge in [0.05, 0.1) is 0 Å². The summed E-state index contributed by atoms with van der Waals surface area (Å²) in [6.45, 7) is 1.16. The molecular formula is C22H21F2N3O3. The average molecular weight is 413 g/mol. The number of carbonyl (C=O) groups excluding carboxylic acids is 3. The zero-order valence-corrected chi connectivity index (χ0v) is 16.4. The molecular weight excluding hydrogens is 392 g/mol. The van der Waals surface area contributed by atoms with Crippen molar-refractivity contribution in [3.8, 4) is 0 Å². The summed E-state index contributed by atoms with van der Waals surface area (Å²) in [4.78, 5) is 40.8. The number of nitrogens with one attached hydrogen (secondary N) is 1. The molecule has 4 amide bonds. The Bertz CT molecular complexity index is 1010. The number of hydrogen-bond donors (Lipinski definition) is 1. The van der Waals surface area contributed by atoms with Crippen molar-refractivity contribution >= 4 is 17.8 Å². The van der Waals surface area contributed by atoms with Gasteiger partial charge in [0.25, 0.3) is 5.91 Å². The summed E-state index contributed by atoms with van der Waals surface area (Å²) in [5.74, 6) is -1.88. The van der Waals surface area contributed by atoms with Crippen molar-refractivity contribution in [2.75, 3.05) is 6.54 Å². The van der Waals surface area contributed by atoms with Gasteiger partial charge in [-0.2, -0.15) is 0 Å². The Labute approximate surface area is 172 Å². The molecule has 1 saturated heterocycles. The number of rotatable bonds is 6. The van der Waals surface area contributed by atoms with Crippen LogP contribution in [-0.4, -0.2) is 40.2 Å². The van der Waals surface area contributed by atoms with Crippen molar-refractivity contribution in [1.82, 2.24) is 15.1 Å². The van der Waals surface area contributed by atoms with E-state index >= 15 is 0 Å². The van der Waals surface area contributed by atoms with Crippen LogP contribution in [0.25, 0.3) is 0 Å². The first-order valence-electron chi connectivity index (χ1n) is 9.72. The van der Waals surface area contributed by atoms with Gasteiger partial charge in [0.2, 0.25) is 5.91 Å². The monoisotopic (exact) mass is 413 g/mol. The van der Waals surface area contributed by atoms with E-state index in [1.54, 1.807) is 18.2 Å². The normalized spacial score (nSPS) is 21.0. The molecule has 0 radical (unpaired) electrons. The highest BCUT2D eigenvalue weighted by Gasteiger charge is 2.50. The molecule has 0 bridgehead atoms. The highest BCUT2D eigenvalue weighted by Crippen LogP contribution is 2.31. The highest BCUT2D eigenvalue weighted by molar-refractivity contribution is 6.09. The second-order valence-electron chi connectivity index (χ2n) is 7.80. The van der Waals surface area contributed by atoms with Gasteiger partial charge in [-0.25, -0.2) is 13.6 Å². The van der Waals surface area contributed by atoms with Gasteiger partial charge in [0.1, 0.15) is 23.7 Å². The second kappa shape index (κ2) is 7.51. The fourth-order valence-electron chi connectivity index (χ4n) is 3.66. The molecule has 1 N–H and O–H groups in total. The Hall–Kier alpha value is -3.29. The lowest BCUT2D eigenvalue weighted by Gasteiger charge is -2.25. The molecule has 1 atom stereocenters. The fourth-order valence-corrected chi connectivity index (χ4v) is 3.66. The maximum atomic E-state index is 14.1. The Balaban J connectivity index is 1.52. The maximum absolute atomic E-state index is 14.1. The topological polar surface area (TPSA) is 69.7 Å². The molecule has 2 aromatic carbocycles. The summed E-state index contributed by atoms with van der Waals surface area (Å²) >= 11 is 0. The highest BCUT2D eigenvalue weighted by atomic mass is 19.1. The largest absolute Gasteiger partial charge is 0.334 e. The minimum absolute atomic E-state index is 0.0265.